The van der Waals surface area contributed by atoms with Gasteiger partial charge in [-0.1, -0.05) is 6.07 Å². The minimum Gasteiger partial charge on any atom is -0.481 e. The van der Waals surface area contributed by atoms with Gasteiger partial charge in [0.05, 0.1) is 5.92 Å². The molecule has 0 aromatic carbocycles. The van der Waals surface area contributed by atoms with Crippen LogP contribution in [0.5, 0.6) is 0 Å². The number of rotatable bonds is 4. The first kappa shape index (κ1) is 13.0. The number of pyridine rings is 1. The standard InChI is InChI=1S/C14H20N2O2/c1-11-10-12(14(17)18)5-8-16(11)9-6-13-4-2-3-7-15-13/h2-4,7,11-12H,5-6,8-10H2,1H3,(H,17,18). The second-order valence-corrected chi connectivity index (χ2v) is 5.02. The van der Waals surface area contributed by atoms with Gasteiger partial charge in [-0.05, 0) is 38.4 Å². The third kappa shape index (κ3) is 3.29. The molecule has 0 amide bonds. The van der Waals surface area contributed by atoms with Crippen molar-refractivity contribution in [1.82, 2.24) is 9.88 Å². The Morgan fingerprint density at radius 2 is 2.39 bits per heavy atom. The molecule has 1 fully saturated rings. The van der Waals surface area contributed by atoms with E-state index in [-0.39, 0.29) is 5.92 Å². The lowest BCUT2D eigenvalue weighted by Crippen LogP contribution is -2.43. The predicted octanol–water partition coefficient (Wildman–Crippen LogP) is 1.81. The molecule has 0 radical (unpaired) electrons. The molecule has 4 nitrogen and oxygen atoms in total. The second-order valence-electron chi connectivity index (χ2n) is 5.02. The molecule has 1 aliphatic rings. The van der Waals surface area contributed by atoms with E-state index in [9.17, 15) is 4.79 Å². The number of nitrogens with zero attached hydrogens (tertiary/aromatic N) is 2. The van der Waals surface area contributed by atoms with Crippen LogP contribution in [-0.2, 0) is 11.2 Å². The molecule has 4 heteroatoms. The molecule has 0 spiro atoms. The van der Waals surface area contributed by atoms with Gasteiger partial charge in [0, 0.05) is 30.9 Å². The van der Waals surface area contributed by atoms with Crippen LogP contribution in [-0.4, -0.2) is 40.1 Å². The van der Waals surface area contributed by atoms with Crippen molar-refractivity contribution in [3.05, 3.63) is 30.1 Å². The van der Waals surface area contributed by atoms with Gasteiger partial charge < -0.3 is 10.0 Å². The second kappa shape index (κ2) is 5.96. The number of hydrogen-bond acceptors (Lipinski definition) is 3. The van der Waals surface area contributed by atoms with Crippen LogP contribution < -0.4 is 0 Å². The van der Waals surface area contributed by atoms with Crippen LogP contribution in [0.1, 0.15) is 25.5 Å². The third-order valence-corrected chi connectivity index (χ3v) is 3.74. The molecule has 1 aliphatic heterocycles. The van der Waals surface area contributed by atoms with E-state index in [1.54, 1.807) is 0 Å². The van der Waals surface area contributed by atoms with Crippen molar-refractivity contribution in [1.29, 1.82) is 0 Å². The van der Waals surface area contributed by atoms with Crippen LogP contribution in [0.3, 0.4) is 0 Å². The highest BCUT2D eigenvalue weighted by molar-refractivity contribution is 5.70. The maximum Gasteiger partial charge on any atom is 0.306 e. The maximum absolute atomic E-state index is 11.0. The molecule has 18 heavy (non-hydrogen) atoms. The predicted molar refractivity (Wildman–Crippen MR) is 69.3 cm³/mol. The first-order chi connectivity index (χ1) is 8.66. The van der Waals surface area contributed by atoms with Crippen LogP contribution in [0, 0.1) is 5.92 Å². The zero-order chi connectivity index (χ0) is 13.0. The first-order valence-electron chi connectivity index (χ1n) is 6.53. The molecule has 0 aliphatic carbocycles. The minimum atomic E-state index is -0.647. The normalized spacial score (nSPS) is 24.9. The molecule has 2 heterocycles. The van der Waals surface area contributed by atoms with Crippen molar-refractivity contribution >= 4 is 5.97 Å². The molecule has 1 aromatic heterocycles. The molecule has 0 bridgehead atoms. The zero-order valence-corrected chi connectivity index (χ0v) is 10.7. The number of piperidine rings is 1. The fraction of sp³-hybridized carbons (Fsp3) is 0.571. The van der Waals surface area contributed by atoms with Crippen molar-refractivity contribution < 1.29 is 9.90 Å². The van der Waals surface area contributed by atoms with Crippen molar-refractivity contribution in [3.63, 3.8) is 0 Å². The topological polar surface area (TPSA) is 53.4 Å². The number of carboxylic acids is 1. The molecule has 1 saturated heterocycles. The largest absolute Gasteiger partial charge is 0.481 e. The monoisotopic (exact) mass is 248 g/mol. The Kier molecular flexibility index (Phi) is 4.31. The van der Waals surface area contributed by atoms with E-state index in [0.29, 0.717) is 6.04 Å². The van der Waals surface area contributed by atoms with Crippen molar-refractivity contribution in [3.8, 4) is 0 Å². The van der Waals surface area contributed by atoms with Gasteiger partial charge in [0.25, 0.3) is 0 Å². The van der Waals surface area contributed by atoms with Crippen LogP contribution in [0.25, 0.3) is 0 Å². The maximum atomic E-state index is 11.0. The van der Waals surface area contributed by atoms with Gasteiger partial charge in [0.1, 0.15) is 0 Å². The van der Waals surface area contributed by atoms with Gasteiger partial charge in [-0.25, -0.2) is 0 Å². The van der Waals surface area contributed by atoms with Gasteiger partial charge in [0.2, 0.25) is 0 Å². The molecule has 2 unspecified atom stereocenters. The number of hydrogen-bond donors (Lipinski definition) is 1. The van der Waals surface area contributed by atoms with Crippen LogP contribution >= 0.6 is 0 Å². The Bertz CT molecular complexity index is 394. The van der Waals surface area contributed by atoms with Gasteiger partial charge >= 0.3 is 5.97 Å². The Balaban J connectivity index is 1.83. The van der Waals surface area contributed by atoms with Crippen LogP contribution in [0.2, 0.25) is 0 Å². The van der Waals surface area contributed by atoms with Crippen molar-refractivity contribution in [2.75, 3.05) is 13.1 Å². The number of aliphatic carboxylic acids is 1. The molecule has 2 atom stereocenters. The van der Waals surface area contributed by atoms with Gasteiger partial charge in [0.15, 0.2) is 0 Å². The zero-order valence-electron chi connectivity index (χ0n) is 10.7. The van der Waals surface area contributed by atoms with Crippen molar-refractivity contribution in [2.45, 2.75) is 32.2 Å². The van der Waals surface area contributed by atoms with Gasteiger partial charge in [-0.3, -0.25) is 9.78 Å². The molecule has 2 rings (SSSR count). The van der Waals surface area contributed by atoms with E-state index < -0.39 is 5.97 Å². The summed E-state index contributed by atoms with van der Waals surface area (Å²) in [7, 11) is 0. The molecule has 98 valence electrons. The summed E-state index contributed by atoms with van der Waals surface area (Å²) in [5.41, 5.74) is 1.10. The fourth-order valence-electron chi connectivity index (χ4n) is 2.58. The summed E-state index contributed by atoms with van der Waals surface area (Å²) in [6, 6.07) is 6.31. The van der Waals surface area contributed by atoms with Crippen molar-refractivity contribution in [2.24, 2.45) is 5.92 Å². The summed E-state index contributed by atoms with van der Waals surface area (Å²) in [5.74, 6) is -0.808. The summed E-state index contributed by atoms with van der Waals surface area (Å²) < 4.78 is 0. The van der Waals surface area contributed by atoms with Gasteiger partial charge in [-0.2, -0.15) is 0 Å². The Morgan fingerprint density at radius 1 is 1.56 bits per heavy atom. The first-order valence-corrected chi connectivity index (χ1v) is 6.53. The lowest BCUT2D eigenvalue weighted by molar-refractivity contribution is -0.144. The summed E-state index contributed by atoms with van der Waals surface area (Å²) in [6.45, 7) is 3.96. The Labute approximate surface area is 108 Å². The molecule has 0 saturated carbocycles. The van der Waals surface area contributed by atoms with E-state index >= 15 is 0 Å². The highest BCUT2D eigenvalue weighted by Crippen LogP contribution is 2.22. The smallest absolute Gasteiger partial charge is 0.306 e. The molecular weight excluding hydrogens is 228 g/mol. The highest BCUT2D eigenvalue weighted by Gasteiger charge is 2.29. The van der Waals surface area contributed by atoms with E-state index in [1.807, 2.05) is 24.4 Å². The number of carboxylic acid groups (broad SMARTS) is 1. The summed E-state index contributed by atoms with van der Waals surface area (Å²) in [5, 5.41) is 9.02. The van der Waals surface area contributed by atoms with Crippen LogP contribution in [0.4, 0.5) is 0 Å². The Morgan fingerprint density at radius 3 is 3.00 bits per heavy atom. The minimum absolute atomic E-state index is 0.161. The van der Waals surface area contributed by atoms with Crippen LogP contribution in [0.15, 0.2) is 24.4 Å². The quantitative estimate of drug-likeness (QED) is 0.883. The third-order valence-electron chi connectivity index (χ3n) is 3.74. The Hall–Kier alpha value is -1.42. The number of aromatic nitrogens is 1. The lowest BCUT2D eigenvalue weighted by atomic mass is 9.91. The molecule has 1 aromatic rings. The van der Waals surface area contributed by atoms with E-state index in [0.717, 1.165) is 38.0 Å². The van der Waals surface area contributed by atoms with E-state index in [4.69, 9.17) is 5.11 Å². The van der Waals surface area contributed by atoms with Gasteiger partial charge in [-0.15, -0.1) is 0 Å². The summed E-state index contributed by atoms with van der Waals surface area (Å²) in [4.78, 5) is 17.6. The number of carbonyl (C=O) groups is 1. The highest BCUT2D eigenvalue weighted by atomic mass is 16.4. The molecule has 1 N–H and O–H groups in total. The van der Waals surface area contributed by atoms with E-state index in [2.05, 4.69) is 16.8 Å². The summed E-state index contributed by atoms with van der Waals surface area (Å²) >= 11 is 0. The fourth-order valence-corrected chi connectivity index (χ4v) is 2.58. The number of likely N-dealkylation sites (tertiary alicyclic amines) is 1. The lowest BCUT2D eigenvalue weighted by Gasteiger charge is -2.36. The average Bonchev–Trinajstić information content (AvgIpc) is 2.38. The molecular formula is C14H20N2O2. The SMILES string of the molecule is CC1CC(C(=O)O)CCN1CCc1ccccn1. The summed E-state index contributed by atoms with van der Waals surface area (Å²) in [6.07, 6.45) is 4.28. The van der Waals surface area contributed by atoms with E-state index in [1.165, 1.54) is 0 Å². The average molecular weight is 248 g/mol.